The van der Waals surface area contributed by atoms with Crippen LogP contribution in [-0.4, -0.2) is 24.4 Å². The summed E-state index contributed by atoms with van der Waals surface area (Å²) in [6, 6.07) is 7.90. The van der Waals surface area contributed by atoms with Gasteiger partial charge in [-0.15, -0.1) is 0 Å². The number of rotatable bonds is 4. The first-order valence-electron chi connectivity index (χ1n) is 5.64. The highest BCUT2D eigenvalue weighted by Gasteiger charge is 2.24. The molecular formula is C13H16BrNO. The second-order valence-corrected chi connectivity index (χ2v) is 5.34. The van der Waals surface area contributed by atoms with Crippen molar-refractivity contribution in [2.75, 3.05) is 13.6 Å². The van der Waals surface area contributed by atoms with E-state index in [0.29, 0.717) is 6.42 Å². The Morgan fingerprint density at radius 2 is 2.12 bits per heavy atom. The van der Waals surface area contributed by atoms with Gasteiger partial charge >= 0.3 is 0 Å². The second-order valence-electron chi connectivity index (χ2n) is 4.49. The Labute approximate surface area is 105 Å². The average molecular weight is 282 g/mol. The van der Waals surface area contributed by atoms with E-state index in [1.165, 1.54) is 12.8 Å². The van der Waals surface area contributed by atoms with Crippen LogP contribution in [0.15, 0.2) is 28.7 Å². The van der Waals surface area contributed by atoms with Crippen molar-refractivity contribution in [3.05, 3.63) is 34.3 Å². The van der Waals surface area contributed by atoms with E-state index in [1.54, 1.807) is 0 Å². The van der Waals surface area contributed by atoms with E-state index in [2.05, 4.69) is 15.9 Å². The Morgan fingerprint density at radius 1 is 1.44 bits per heavy atom. The Hall–Kier alpha value is -0.830. The molecule has 0 unspecified atom stereocenters. The molecule has 86 valence electrons. The first-order chi connectivity index (χ1) is 7.66. The van der Waals surface area contributed by atoms with E-state index < -0.39 is 0 Å². The van der Waals surface area contributed by atoms with Gasteiger partial charge in [0.15, 0.2) is 0 Å². The van der Waals surface area contributed by atoms with Crippen molar-refractivity contribution in [3.63, 3.8) is 0 Å². The third kappa shape index (κ3) is 3.08. The van der Waals surface area contributed by atoms with Gasteiger partial charge in [0.1, 0.15) is 0 Å². The molecule has 0 aliphatic heterocycles. The molecule has 0 spiro atoms. The van der Waals surface area contributed by atoms with Crippen molar-refractivity contribution in [1.82, 2.24) is 4.90 Å². The molecule has 1 aliphatic rings. The van der Waals surface area contributed by atoms with Crippen LogP contribution in [0.2, 0.25) is 0 Å². The van der Waals surface area contributed by atoms with Crippen molar-refractivity contribution < 1.29 is 4.79 Å². The van der Waals surface area contributed by atoms with Gasteiger partial charge in [-0.25, -0.2) is 0 Å². The van der Waals surface area contributed by atoms with Gasteiger partial charge in [-0.3, -0.25) is 4.79 Å². The van der Waals surface area contributed by atoms with E-state index in [9.17, 15) is 4.79 Å². The molecule has 1 aromatic rings. The average Bonchev–Trinajstić information content (AvgIpc) is 3.05. The predicted octanol–water partition coefficient (Wildman–Crippen LogP) is 2.86. The molecule has 2 nitrogen and oxygen atoms in total. The topological polar surface area (TPSA) is 20.3 Å². The molecule has 0 atom stereocenters. The van der Waals surface area contributed by atoms with Crippen molar-refractivity contribution in [1.29, 1.82) is 0 Å². The maximum absolute atomic E-state index is 11.9. The van der Waals surface area contributed by atoms with Crippen molar-refractivity contribution >= 4 is 21.8 Å². The largest absolute Gasteiger partial charge is 0.345 e. The van der Waals surface area contributed by atoms with E-state index in [4.69, 9.17) is 0 Å². The number of benzene rings is 1. The summed E-state index contributed by atoms with van der Waals surface area (Å²) >= 11 is 3.47. The van der Waals surface area contributed by atoms with Crippen LogP contribution in [0.5, 0.6) is 0 Å². The molecule has 0 N–H and O–H groups in total. The highest BCUT2D eigenvalue weighted by atomic mass is 79.9. The first kappa shape index (κ1) is 11.6. The molecule has 0 saturated heterocycles. The molecule has 3 heteroatoms. The number of nitrogens with zero attached hydrogens (tertiary/aromatic N) is 1. The zero-order valence-corrected chi connectivity index (χ0v) is 11.0. The number of hydrogen-bond donors (Lipinski definition) is 0. The van der Waals surface area contributed by atoms with Crippen LogP contribution in [0.25, 0.3) is 0 Å². The second kappa shape index (κ2) is 5.00. The van der Waals surface area contributed by atoms with Crippen LogP contribution in [0.3, 0.4) is 0 Å². The van der Waals surface area contributed by atoms with E-state index in [1.807, 2.05) is 36.2 Å². The summed E-state index contributed by atoms with van der Waals surface area (Å²) in [5.74, 6) is 0.965. The molecule has 1 amide bonds. The van der Waals surface area contributed by atoms with Crippen LogP contribution >= 0.6 is 15.9 Å². The maximum Gasteiger partial charge on any atom is 0.226 e. The number of carbonyl (C=O) groups excluding carboxylic acids is 1. The molecule has 1 aromatic carbocycles. The fraction of sp³-hybridized carbons (Fsp3) is 0.462. The standard InChI is InChI=1S/C13H16BrNO/c1-15(9-10-6-7-10)13(16)8-11-4-2-3-5-12(11)14/h2-5,10H,6-9H2,1H3. The minimum absolute atomic E-state index is 0.207. The fourth-order valence-electron chi connectivity index (χ4n) is 1.73. The molecule has 0 bridgehead atoms. The molecule has 2 rings (SSSR count). The highest BCUT2D eigenvalue weighted by Crippen LogP contribution is 2.29. The molecule has 0 heterocycles. The fourth-order valence-corrected chi connectivity index (χ4v) is 2.15. The Morgan fingerprint density at radius 3 is 2.75 bits per heavy atom. The monoisotopic (exact) mass is 281 g/mol. The van der Waals surface area contributed by atoms with Crippen LogP contribution in [-0.2, 0) is 11.2 Å². The minimum Gasteiger partial charge on any atom is -0.345 e. The minimum atomic E-state index is 0.207. The normalized spacial score (nSPS) is 14.9. The van der Waals surface area contributed by atoms with Crippen LogP contribution < -0.4 is 0 Å². The van der Waals surface area contributed by atoms with E-state index in [-0.39, 0.29) is 5.91 Å². The van der Waals surface area contributed by atoms with Gasteiger partial charge in [0, 0.05) is 18.1 Å². The lowest BCUT2D eigenvalue weighted by Gasteiger charge is -2.17. The number of likely N-dealkylation sites (N-methyl/N-ethyl adjacent to an activating group) is 1. The van der Waals surface area contributed by atoms with Gasteiger partial charge in [0.05, 0.1) is 6.42 Å². The van der Waals surface area contributed by atoms with Crippen LogP contribution in [0, 0.1) is 5.92 Å². The SMILES string of the molecule is CN(CC1CC1)C(=O)Cc1ccccc1Br. The summed E-state index contributed by atoms with van der Waals surface area (Å²) < 4.78 is 1.02. The van der Waals surface area contributed by atoms with Crippen molar-refractivity contribution in [2.24, 2.45) is 5.92 Å². The van der Waals surface area contributed by atoms with Gasteiger partial charge in [-0.1, -0.05) is 34.1 Å². The summed E-state index contributed by atoms with van der Waals surface area (Å²) in [7, 11) is 1.90. The highest BCUT2D eigenvalue weighted by molar-refractivity contribution is 9.10. The first-order valence-corrected chi connectivity index (χ1v) is 6.43. The van der Waals surface area contributed by atoms with E-state index >= 15 is 0 Å². The zero-order chi connectivity index (χ0) is 11.5. The molecule has 1 aliphatic carbocycles. The van der Waals surface area contributed by atoms with Crippen LogP contribution in [0.4, 0.5) is 0 Å². The summed E-state index contributed by atoms with van der Waals surface area (Å²) in [5, 5.41) is 0. The van der Waals surface area contributed by atoms with Gasteiger partial charge in [-0.2, -0.15) is 0 Å². The number of halogens is 1. The molecular weight excluding hydrogens is 266 g/mol. The van der Waals surface area contributed by atoms with Gasteiger partial charge in [0.25, 0.3) is 0 Å². The Bertz CT molecular complexity index is 387. The lowest BCUT2D eigenvalue weighted by molar-refractivity contribution is -0.129. The van der Waals surface area contributed by atoms with Gasteiger partial charge in [-0.05, 0) is 30.4 Å². The summed E-state index contributed by atoms with van der Waals surface area (Å²) in [6.45, 7) is 0.920. The van der Waals surface area contributed by atoms with Gasteiger partial charge in [0.2, 0.25) is 5.91 Å². The molecule has 1 saturated carbocycles. The third-order valence-corrected chi connectivity index (χ3v) is 3.73. The Kier molecular flexibility index (Phi) is 3.64. The van der Waals surface area contributed by atoms with E-state index in [0.717, 1.165) is 22.5 Å². The van der Waals surface area contributed by atoms with Crippen LogP contribution in [0.1, 0.15) is 18.4 Å². The summed E-state index contributed by atoms with van der Waals surface area (Å²) in [6.07, 6.45) is 3.06. The maximum atomic E-state index is 11.9. The third-order valence-electron chi connectivity index (χ3n) is 2.95. The van der Waals surface area contributed by atoms with Crippen molar-refractivity contribution in [2.45, 2.75) is 19.3 Å². The molecule has 0 radical (unpaired) electrons. The molecule has 16 heavy (non-hydrogen) atoms. The summed E-state index contributed by atoms with van der Waals surface area (Å²) in [5.41, 5.74) is 1.06. The number of carbonyl (C=O) groups is 1. The lowest BCUT2D eigenvalue weighted by Crippen LogP contribution is -2.30. The van der Waals surface area contributed by atoms with Crippen molar-refractivity contribution in [3.8, 4) is 0 Å². The lowest BCUT2D eigenvalue weighted by atomic mass is 10.1. The smallest absolute Gasteiger partial charge is 0.226 e. The zero-order valence-electron chi connectivity index (χ0n) is 9.45. The number of amides is 1. The predicted molar refractivity (Wildman–Crippen MR) is 68.2 cm³/mol. The molecule has 0 aromatic heterocycles. The summed E-state index contributed by atoms with van der Waals surface area (Å²) in [4.78, 5) is 13.8. The van der Waals surface area contributed by atoms with Gasteiger partial charge < -0.3 is 4.90 Å². The number of hydrogen-bond acceptors (Lipinski definition) is 1. The Balaban J connectivity index is 1.93. The molecule has 1 fully saturated rings. The quantitative estimate of drug-likeness (QED) is 0.831.